The fourth-order valence-corrected chi connectivity index (χ4v) is 2.07. The molecule has 1 aromatic heterocycles. The van der Waals surface area contributed by atoms with Crippen molar-refractivity contribution in [2.75, 3.05) is 5.32 Å². The smallest absolute Gasteiger partial charge is 0.221 e. The first-order valence-electron chi connectivity index (χ1n) is 6.68. The molecule has 22 heavy (non-hydrogen) atoms. The Morgan fingerprint density at radius 2 is 1.95 bits per heavy atom. The van der Waals surface area contributed by atoms with E-state index < -0.39 is 0 Å². The third kappa shape index (κ3) is 3.01. The van der Waals surface area contributed by atoms with E-state index in [-0.39, 0.29) is 11.7 Å². The Hall–Kier alpha value is -3.02. The van der Waals surface area contributed by atoms with E-state index in [2.05, 4.69) is 15.6 Å². The third-order valence-electron chi connectivity index (χ3n) is 3.07. The minimum absolute atomic E-state index is 0.121. The van der Waals surface area contributed by atoms with Crippen LogP contribution in [-0.2, 0) is 4.79 Å². The van der Waals surface area contributed by atoms with Crippen LogP contribution in [0.5, 0.6) is 0 Å². The van der Waals surface area contributed by atoms with Crippen LogP contribution in [-0.4, -0.2) is 20.9 Å². The van der Waals surface area contributed by atoms with Gasteiger partial charge in [0.25, 0.3) is 0 Å². The monoisotopic (exact) mass is 296 g/mol. The minimum atomic E-state index is -0.325. The average molecular weight is 296 g/mol. The predicted octanol–water partition coefficient (Wildman–Crippen LogP) is 3.03. The molecule has 3 aromatic rings. The molecule has 6 heteroatoms. The zero-order valence-electron chi connectivity index (χ0n) is 11.8. The molecule has 0 unspecified atom stereocenters. The van der Waals surface area contributed by atoms with Crippen LogP contribution in [0.15, 0.2) is 54.7 Å². The number of benzene rings is 2. The lowest BCUT2D eigenvalue weighted by molar-refractivity contribution is -0.114. The maximum absolute atomic E-state index is 13.2. The van der Waals surface area contributed by atoms with Gasteiger partial charge in [-0.3, -0.25) is 4.79 Å². The van der Waals surface area contributed by atoms with Crippen LogP contribution in [0.3, 0.4) is 0 Å². The van der Waals surface area contributed by atoms with Crippen molar-refractivity contribution in [3.05, 3.63) is 60.5 Å². The molecular formula is C16H13FN4O. The van der Waals surface area contributed by atoms with Gasteiger partial charge in [0.2, 0.25) is 5.91 Å². The van der Waals surface area contributed by atoms with Gasteiger partial charge < -0.3 is 5.32 Å². The zero-order valence-corrected chi connectivity index (χ0v) is 11.8. The number of nitrogens with one attached hydrogen (secondary N) is 1. The first-order chi connectivity index (χ1) is 10.6. The van der Waals surface area contributed by atoms with Crippen LogP contribution in [0.25, 0.3) is 16.9 Å². The molecule has 3 rings (SSSR count). The molecular weight excluding hydrogens is 283 g/mol. The maximum Gasteiger partial charge on any atom is 0.221 e. The molecule has 0 radical (unpaired) electrons. The number of carbonyl (C=O) groups excluding carboxylic acids is 1. The van der Waals surface area contributed by atoms with Gasteiger partial charge in [0.15, 0.2) is 0 Å². The Morgan fingerprint density at radius 3 is 2.64 bits per heavy atom. The van der Waals surface area contributed by atoms with Crippen LogP contribution >= 0.6 is 0 Å². The lowest BCUT2D eigenvalue weighted by Crippen LogP contribution is -2.05. The number of amides is 1. The lowest BCUT2D eigenvalue weighted by atomic mass is 10.1. The first kappa shape index (κ1) is 13.9. The summed E-state index contributed by atoms with van der Waals surface area (Å²) in [4.78, 5) is 11.0. The van der Waals surface area contributed by atoms with Gasteiger partial charge >= 0.3 is 0 Å². The van der Waals surface area contributed by atoms with E-state index in [0.29, 0.717) is 17.1 Å². The van der Waals surface area contributed by atoms with E-state index in [1.807, 2.05) is 12.1 Å². The summed E-state index contributed by atoms with van der Waals surface area (Å²) >= 11 is 0. The molecule has 1 N–H and O–H groups in total. The van der Waals surface area contributed by atoms with Crippen molar-refractivity contribution in [1.82, 2.24) is 15.0 Å². The molecule has 1 amide bonds. The molecule has 110 valence electrons. The van der Waals surface area contributed by atoms with E-state index in [1.54, 1.807) is 30.5 Å². The van der Waals surface area contributed by atoms with Gasteiger partial charge in [-0.25, -0.2) is 9.07 Å². The second-order valence-corrected chi connectivity index (χ2v) is 4.79. The Kier molecular flexibility index (Phi) is 3.65. The number of hydrogen-bond acceptors (Lipinski definition) is 3. The highest BCUT2D eigenvalue weighted by atomic mass is 19.1. The van der Waals surface area contributed by atoms with Gasteiger partial charge in [-0.15, -0.1) is 5.10 Å². The topological polar surface area (TPSA) is 59.8 Å². The quantitative estimate of drug-likeness (QED) is 0.808. The van der Waals surface area contributed by atoms with Crippen LogP contribution in [0.1, 0.15) is 6.92 Å². The molecule has 1 heterocycles. The Balaban J connectivity index is 1.86. The van der Waals surface area contributed by atoms with E-state index in [0.717, 1.165) is 5.56 Å². The van der Waals surface area contributed by atoms with E-state index in [9.17, 15) is 9.18 Å². The average Bonchev–Trinajstić information content (AvgIpc) is 2.97. The molecule has 0 aliphatic rings. The van der Waals surface area contributed by atoms with Gasteiger partial charge in [0, 0.05) is 18.2 Å². The summed E-state index contributed by atoms with van der Waals surface area (Å²) in [5, 5.41) is 10.8. The zero-order chi connectivity index (χ0) is 15.5. The Morgan fingerprint density at radius 1 is 1.18 bits per heavy atom. The predicted molar refractivity (Wildman–Crippen MR) is 81.1 cm³/mol. The van der Waals surface area contributed by atoms with Crippen molar-refractivity contribution in [3.8, 4) is 16.9 Å². The summed E-state index contributed by atoms with van der Waals surface area (Å²) in [6, 6.07) is 13.4. The van der Waals surface area contributed by atoms with E-state index >= 15 is 0 Å². The van der Waals surface area contributed by atoms with Gasteiger partial charge in [-0.1, -0.05) is 23.4 Å². The number of nitrogens with zero attached hydrogens (tertiary/aromatic N) is 3. The highest BCUT2D eigenvalue weighted by Gasteiger charge is 2.06. The summed E-state index contributed by atoms with van der Waals surface area (Å²) in [6.07, 6.45) is 1.72. The van der Waals surface area contributed by atoms with Crippen LogP contribution in [0, 0.1) is 5.82 Å². The number of halogens is 1. The summed E-state index contributed by atoms with van der Waals surface area (Å²) < 4.78 is 14.7. The number of rotatable bonds is 3. The highest BCUT2D eigenvalue weighted by Crippen LogP contribution is 2.20. The molecule has 0 bridgehead atoms. The molecule has 0 saturated carbocycles. The van der Waals surface area contributed by atoms with Gasteiger partial charge in [0.05, 0.1) is 11.9 Å². The summed E-state index contributed by atoms with van der Waals surface area (Å²) in [5.74, 6) is -0.445. The lowest BCUT2D eigenvalue weighted by Gasteiger charge is -2.02. The normalized spacial score (nSPS) is 10.5. The summed E-state index contributed by atoms with van der Waals surface area (Å²) in [6.45, 7) is 1.46. The molecule has 0 spiro atoms. The van der Waals surface area contributed by atoms with E-state index in [4.69, 9.17) is 0 Å². The highest BCUT2D eigenvalue weighted by molar-refractivity contribution is 5.88. The van der Waals surface area contributed by atoms with Crippen molar-refractivity contribution in [2.45, 2.75) is 6.92 Å². The van der Waals surface area contributed by atoms with Crippen molar-refractivity contribution >= 4 is 11.6 Å². The fourth-order valence-electron chi connectivity index (χ4n) is 2.07. The van der Waals surface area contributed by atoms with Gasteiger partial charge in [-0.2, -0.15) is 0 Å². The molecule has 0 atom stereocenters. The minimum Gasteiger partial charge on any atom is -0.326 e. The second kappa shape index (κ2) is 5.77. The molecule has 0 fully saturated rings. The van der Waals surface area contributed by atoms with Crippen LogP contribution < -0.4 is 5.32 Å². The Bertz CT molecular complexity index is 811. The van der Waals surface area contributed by atoms with Crippen LogP contribution in [0.2, 0.25) is 0 Å². The number of aromatic nitrogens is 3. The molecule has 0 aliphatic carbocycles. The first-order valence-corrected chi connectivity index (χ1v) is 6.68. The van der Waals surface area contributed by atoms with Crippen molar-refractivity contribution in [3.63, 3.8) is 0 Å². The van der Waals surface area contributed by atoms with Gasteiger partial charge in [-0.05, 0) is 30.3 Å². The number of carbonyl (C=O) groups is 1. The summed E-state index contributed by atoms with van der Waals surface area (Å²) in [7, 11) is 0. The van der Waals surface area contributed by atoms with E-state index in [1.165, 1.54) is 23.7 Å². The van der Waals surface area contributed by atoms with Crippen LogP contribution in [0.4, 0.5) is 10.1 Å². The molecule has 0 aliphatic heterocycles. The SMILES string of the molecule is CC(=O)Nc1ccc(-c2cn(-c3cccc(F)c3)nn2)cc1. The number of hydrogen-bond donors (Lipinski definition) is 1. The molecule has 2 aromatic carbocycles. The third-order valence-corrected chi connectivity index (χ3v) is 3.07. The Labute approximate surface area is 126 Å². The van der Waals surface area contributed by atoms with Crippen molar-refractivity contribution < 1.29 is 9.18 Å². The van der Waals surface area contributed by atoms with Crippen molar-refractivity contribution in [1.29, 1.82) is 0 Å². The fraction of sp³-hybridized carbons (Fsp3) is 0.0625. The second-order valence-electron chi connectivity index (χ2n) is 4.79. The van der Waals surface area contributed by atoms with Gasteiger partial charge in [0.1, 0.15) is 11.5 Å². The standard InChI is InChI=1S/C16H13FN4O/c1-11(22)18-14-7-5-12(6-8-14)16-10-21(20-19-16)15-4-2-3-13(17)9-15/h2-10H,1H3,(H,18,22). The molecule has 5 nitrogen and oxygen atoms in total. The summed E-state index contributed by atoms with van der Waals surface area (Å²) in [5.41, 5.74) is 2.85. The largest absolute Gasteiger partial charge is 0.326 e. The van der Waals surface area contributed by atoms with Crippen molar-refractivity contribution in [2.24, 2.45) is 0 Å². The maximum atomic E-state index is 13.2. The number of anilines is 1. The molecule has 0 saturated heterocycles.